The summed E-state index contributed by atoms with van der Waals surface area (Å²) in [5.74, 6) is 2.96. The normalized spacial score (nSPS) is 21.4. The Morgan fingerprint density at radius 1 is 1.15 bits per heavy atom. The first kappa shape index (κ1) is 15.7. The number of piperidine rings is 1. The lowest BCUT2D eigenvalue weighted by atomic mass is 9.91. The quantitative estimate of drug-likeness (QED) is 0.829. The summed E-state index contributed by atoms with van der Waals surface area (Å²) >= 11 is 0. The molecule has 2 N–H and O–H groups in total. The lowest BCUT2D eigenvalue weighted by Crippen LogP contribution is -2.48. The number of hydrogen-bond acceptors (Lipinski definition) is 7. The second-order valence-electron chi connectivity index (χ2n) is 7.72. The van der Waals surface area contributed by atoms with Crippen LogP contribution in [0, 0.1) is 0 Å². The predicted octanol–water partition coefficient (Wildman–Crippen LogP) is 1.16. The molecule has 3 aliphatic rings. The van der Waals surface area contributed by atoms with E-state index in [1.165, 1.54) is 0 Å². The van der Waals surface area contributed by atoms with Crippen LogP contribution in [0.2, 0.25) is 0 Å². The molecule has 0 bridgehead atoms. The van der Waals surface area contributed by atoms with E-state index in [0.717, 1.165) is 74.3 Å². The van der Waals surface area contributed by atoms with E-state index in [1.54, 1.807) is 0 Å². The number of aromatic nitrogens is 4. The number of hydrogen-bond donors (Lipinski definition) is 1. The fourth-order valence-electron chi connectivity index (χ4n) is 3.99. The first-order valence-electron chi connectivity index (χ1n) is 9.35. The minimum absolute atomic E-state index is 0.0614. The van der Waals surface area contributed by atoms with Gasteiger partial charge in [-0.2, -0.15) is 5.10 Å². The minimum atomic E-state index is -0.0614. The van der Waals surface area contributed by atoms with Crippen molar-refractivity contribution in [3.8, 4) is 0 Å². The number of aryl methyl sites for hydroxylation is 1. The van der Waals surface area contributed by atoms with Gasteiger partial charge in [0.25, 0.3) is 0 Å². The summed E-state index contributed by atoms with van der Waals surface area (Å²) in [7, 11) is 0. The third-order valence-electron chi connectivity index (χ3n) is 5.63. The molecule has 0 aliphatic carbocycles. The summed E-state index contributed by atoms with van der Waals surface area (Å²) in [6, 6.07) is 2.04. The zero-order valence-corrected chi connectivity index (χ0v) is 15.1. The average Bonchev–Trinajstić information content (AvgIpc) is 3.27. The van der Waals surface area contributed by atoms with Crippen LogP contribution in [-0.2, 0) is 13.1 Å². The van der Waals surface area contributed by atoms with Gasteiger partial charge in [0.2, 0.25) is 0 Å². The average molecular weight is 352 g/mol. The van der Waals surface area contributed by atoms with Crippen LogP contribution in [0.1, 0.15) is 37.6 Å². The molecule has 3 aliphatic heterocycles. The summed E-state index contributed by atoms with van der Waals surface area (Å²) in [4.78, 5) is 18.9. The second kappa shape index (κ2) is 5.77. The second-order valence-corrected chi connectivity index (χ2v) is 7.72. The molecule has 136 valence electrons. The van der Waals surface area contributed by atoms with Crippen molar-refractivity contribution in [1.82, 2.24) is 19.7 Å². The lowest BCUT2D eigenvalue weighted by Gasteiger charge is -2.37. The molecule has 5 rings (SSSR count). The van der Waals surface area contributed by atoms with Gasteiger partial charge < -0.3 is 15.5 Å². The maximum atomic E-state index is 6.25. The van der Waals surface area contributed by atoms with E-state index in [9.17, 15) is 0 Å². The molecule has 0 saturated carbocycles. The van der Waals surface area contributed by atoms with Crippen molar-refractivity contribution in [1.29, 1.82) is 0 Å². The van der Waals surface area contributed by atoms with E-state index in [2.05, 4.69) is 21.8 Å². The van der Waals surface area contributed by atoms with Crippen LogP contribution in [0.5, 0.6) is 0 Å². The van der Waals surface area contributed by atoms with Crippen molar-refractivity contribution in [2.24, 2.45) is 10.7 Å². The molecule has 26 heavy (non-hydrogen) atoms. The maximum absolute atomic E-state index is 6.25. The van der Waals surface area contributed by atoms with Crippen molar-refractivity contribution in [3.05, 3.63) is 29.8 Å². The van der Waals surface area contributed by atoms with Gasteiger partial charge in [0, 0.05) is 37.8 Å². The molecule has 0 spiro atoms. The molecular weight excluding hydrogens is 328 g/mol. The van der Waals surface area contributed by atoms with E-state index in [4.69, 9.17) is 20.7 Å². The molecule has 2 aromatic rings. The predicted molar refractivity (Wildman–Crippen MR) is 101 cm³/mol. The van der Waals surface area contributed by atoms with Crippen LogP contribution in [0.4, 0.5) is 11.6 Å². The highest BCUT2D eigenvalue weighted by atomic mass is 15.4. The number of anilines is 2. The van der Waals surface area contributed by atoms with Gasteiger partial charge in [-0.25, -0.2) is 14.6 Å². The van der Waals surface area contributed by atoms with E-state index in [0.29, 0.717) is 6.54 Å². The van der Waals surface area contributed by atoms with Gasteiger partial charge in [0.1, 0.15) is 17.3 Å². The van der Waals surface area contributed by atoms with Crippen LogP contribution in [-0.4, -0.2) is 50.8 Å². The molecule has 0 amide bonds. The van der Waals surface area contributed by atoms with Gasteiger partial charge in [0.05, 0.1) is 24.6 Å². The van der Waals surface area contributed by atoms with E-state index in [1.807, 2.05) is 23.1 Å². The summed E-state index contributed by atoms with van der Waals surface area (Å²) in [6.07, 6.45) is 6.75. The Kier molecular flexibility index (Phi) is 3.49. The highest BCUT2D eigenvalue weighted by Crippen LogP contribution is 2.28. The summed E-state index contributed by atoms with van der Waals surface area (Å²) < 4.78 is 2.03. The molecular formula is C18H24N8. The van der Waals surface area contributed by atoms with Gasteiger partial charge in [-0.1, -0.05) is 0 Å². The van der Waals surface area contributed by atoms with Gasteiger partial charge in [0.15, 0.2) is 5.84 Å². The Labute approximate surface area is 152 Å². The number of fused-ring (bicyclic) bond motifs is 2. The fraction of sp³-hybridized carbons (Fsp3) is 0.556. The first-order chi connectivity index (χ1) is 12.6. The zero-order valence-electron chi connectivity index (χ0n) is 15.1. The van der Waals surface area contributed by atoms with E-state index < -0.39 is 0 Å². The number of amidine groups is 1. The Hall–Kier alpha value is -2.48. The van der Waals surface area contributed by atoms with Gasteiger partial charge in [-0.15, -0.1) is 0 Å². The first-order valence-corrected chi connectivity index (χ1v) is 9.35. The molecule has 8 nitrogen and oxygen atoms in total. The Balaban J connectivity index is 1.40. The summed E-state index contributed by atoms with van der Waals surface area (Å²) in [5.41, 5.74) is 8.06. The molecule has 8 heteroatoms. The van der Waals surface area contributed by atoms with Crippen molar-refractivity contribution in [3.63, 3.8) is 0 Å². The molecule has 0 radical (unpaired) electrons. The largest absolute Gasteiger partial charge is 0.355 e. The van der Waals surface area contributed by atoms with Crippen molar-refractivity contribution < 1.29 is 0 Å². The zero-order chi connectivity index (χ0) is 17.7. The summed E-state index contributed by atoms with van der Waals surface area (Å²) in [6.45, 7) is 6.48. The van der Waals surface area contributed by atoms with Gasteiger partial charge in [-0.05, 0) is 26.2 Å². The van der Waals surface area contributed by atoms with Gasteiger partial charge in [-0.3, -0.25) is 4.99 Å². The molecule has 1 saturated heterocycles. The van der Waals surface area contributed by atoms with Crippen LogP contribution in [0.25, 0.3) is 0 Å². The number of nitrogens with zero attached hydrogens (tertiary/aromatic N) is 7. The van der Waals surface area contributed by atoms with Crippen molar-refractivity contribution in [2.45, 2.75) is 44.8 Å². The molecule has 0 aromatic carbocycles. The topological polar surface area (TPSA) is 88.5 Å². The van der Waals surface area contributed by atoms with Crippen molar-refractivity contribution in [2.75, 3.05) is 29.4 Å². The van der Waals surface area contributed by atoms with Gasteiger partial charge >= 0.3 is 0 Å². The number of nitrogens with two attached hydrogens (primary N) is 1. The lowest BCUT2D eigenvalue weighted by molar-refractivity contribution is 0.363. The molecule has 2 aromatic heterocycles. The third-order valence-corrected chi connectivity index (χ3v) is 5.63. The summed E-state index contributed by atoms with van der Waals surface area (Å²) in [5, 5.41) is 4.39. The molecule has 5 heterocycles. The molecule has 1 fully saturated rings. The monoisotopic (exact) mass is 352 g/mol. The van der Waals surface area contributed by atoms with Crippen LogP contribution in [0.15, 0.2) is 23.5 Å². The fourth-order valence-corrected chi connectivity index (χ4v) is 3.99. The van der Waals surface area contributed by atoms with E-state index in [-0.39, 0.29) is 5.54 Å². The standard InChI is InChI=1S/C18H24N8/c1-18(19)4-9-24(10-5-18)14-12-20-16-13(23-14)11-21-17(16)25-7-2-8-26-15(25)3-6-22-26/h3,6,12H,2,4-5,7-11,19H2,1H3. The Morgan fingerprint density at radius 2 is 2.00 bits per heavy atom. The molecule has 0 unspecified atom stereocenters. The molecule has 0 atom stereocenters. The Morgan fingerprint density at radius 3 is 2.85 bits per heavy atom. The Bertz CT molecular complexity index is 858. The van der Waals surface area contributed by atoms with E-state index >= 15 is 0 Å². The van der Waals surface area contributed by atoms with Crippen molar-refractivity contribution >= 4 is 17.5 Å². The van der Waals surface area contributed by atoms with Crippen LogP contribution >= 0.6 is 0 Å². The highest BCUT2D eigenvalue weighted by molar-refractivity contribution is 6.10. The smallest absolute Gasteiger partial charge is 0.157 e. The van der Waals surface area contributed by atoms with Crippen LogP contribution in [0.3, 0.4) is 0 Å². The number of aliphatic imine (C=N–C) groups is 1. The SMILES string of the molecule is CC1(N)CCN(c2cnc3c(n2)CN=C3N2CCCn3nccc32)CC1. The minimum Gasteiger partial charge on any atom is -0.355 e. The maximum Gasteiger partial charge on any atom is 0.157 e. The number of rotatable bonds is 1. The highest BCUT2D eigenvalue weighted by Gasteiger charge is 2.31. The van der Waals surface area contributed by atoms with Crippen LogP contribution < -0.4 is 15.5 Å². The third kappa shape index (κ3) is 2.56.